The Balaban J connectivity index is 1.99. The van der Waals surface area contributed by atoms with Crippen molar-refractivity contribution in [2.75, 3.05) is 0 Å². The molecule has 0 spiro atoms. The number of hydrogen-bond acceptors (Lipinski definition) is 10. The average Bonchev–Trinajstić information content (AvgIpc) is 2.91. The van der Waals surface area contributed by atoms with Crippen LogP contribution in [-0.4, -0.2) is 29.9 Å². The molecule has 3 aromatic heterocycles. The zero-order valence-electron chi connectivity index (χ0n) is 17.2. The van der Waals surface area contributed by atoms with E-state index in [1.54, 1.807) is 42.5 Å². The van der Waals surface area contributed by atoms with Crippen molar-refractivity contribution in [1.29, 1.82) is 15.8 Å². The number of benzene rings is 2. The number of nitriles is 3. The van der Waals surface area contributed by atoms with Crippen LogP contribution < -0.4 is 4.74 Å². The van der Waals surface area contributed by atoms with E-state index < -0.39 is 0 Å². The molecule has 0 aliphatic rings. The molecule has 0 radical (unpaired) electrons. The van der Waals surface area contributed by atoms with Gasteiger partial charge in [0.1, 0.15) is 46.0 Å². The smallest absolute Gasteiger partial charge is 0.294 e. The van der Waals surface area contributed by atoms with Crippen LogP contribution in [0, 0.1) is 47.1 Å². The van der Waals surface area contributed by atoms with E-state index in [4.69, 9.17) is 17.9 Å². The number of ether oxygens (including phenoxy) is 1. The molecule has 0 bridgehead atoms. The van der Waals surface area contributed by atoms with Gasteiger partial charge in [0.15, 0.2) is 11.4 Å². The van der Waals surface area contributed by atoms with Crippen molar-refractivity contribution in [3.63, 3.8) is 0 Å². The van der Waals surface area contributed by atoms with Gasteiger partial charge in [0.05, 0.1) is 0 Å². The average molecular weight is 451 g/mol. The van der Waals surface area contributed by atoms with Crippen LogP contribution >= 0.6 is 0 Å². The van der Waals surface area contributed by atoms with Crippen LogP contribution in [-0.2, 0) is 0 Å². The van der Waals surface area contributed by atoms with Gasteiger partial charge < -0.3 is 14.4 Å². The van der Waals surface area contributed by atoms with Crippen LogP contribution in [0.4, 0.5) is 11.6 Å². The third kappa shape index (κ3) is 3.20. The van der Waals surface area contributed by atoms with E-state index in [0.717, 1.165) is 0 Å². The van der Waals surface area contributed by atoms with Crippen molar-refractivity contribution in [3.8, 4) is 29.8 Å². The largest absolute Gasteiger partial charge is 0.436 e. The summed E-state index contributed by atoms with van der Waals surface area (Å²) in [5.41, 5.74) is -0.477. The number of nitrogens with zero attached hydrogens (tertiary/aromatic N) is 11. The van der Waals surface area contributed by atoms with E-state index in [1.165, 1.54) is 0 Å². The van der Waals surface area contributed by atoms with E-state index in [9.17, 15) is 15.8 Å². The van der Waals surface area contributed by atoms with Gasteiger partial charge in [-0.2, -0.15) is 15.8 Å². The van der Waals surface area contributed by atoms with Gasteiger partial charge in [-0.15, -0.1) is 9.97 Å². The van der Waals surface area contributed by atoms with E-state index in [-0.39, 0.29) is 67.7 Å². The first-order valence-electron chi connectivity index (χ1n) is 9.57. The van der Waals surface area contributed by atoms with E-state index in [1.807, 2.05) is 6.07 Å². The topological polar surface area (TPSA) is 167 Å². The van der Waals surface area contributed by atoms with Crippen LogP contribution in [0.2, 0.25) is 0 Å². The first-order valence-corrected chi connectivity index (χ1v) is 9.57. The maximum absolute atomic E-state index is 9.71. The van der Waals surface area contributed by atoms with Crippen molar-refractivity contribution in [1.82, 2.24) is 29.9 Å². The van der Waals surface area contributed by atoms with E-state index >= 15 is 0 Å². The Morgan fingerprint density at radius 1 is 0.600 bits per heavy atom. The summed E-state index contributed by atoms with van der Waals surface area (Å²) in [4.78, 5) is 32.2. The lowest BCUT2D eigenvalue weighted by atomic mass is 10.1. The molecule has 0 aliphatic heterocycles. The SMILES string of the molecule is [C-]#[N+]c1nc2c3nc(C#N)c(C#N)nc3c3nc(C#N)c(Oc4ccccc4)nc3c2nc1[N+]#[C-]. The van der Waals surface area contributed by atoms with Gasteiger partial charge in [0.2, 0.25) is 16.7 Å². The molecule has 5 rings (SSSR count). The molecule has 0 saturated heterocycles. The van der Waals surface area contributed by atoms with Crippen molar-refractivity contribution in [3.05, 3.63) is 70.2 Å². The van der Waals surface area contributed by atoms with Gasteiger partial charge in [-0.1, -0.05) is 31.3 Å². The number of hydrogen-bond donors (Lipinski definition) is 0. The minimum Gasteiger partial charge on any atom is -0.436 e. The van der Waals surface area contributed by atoms with Gasteiger partial charge >= 0.3 is 0 Å². The Morgan fingerprint density at radius 2 is 1.03 bits per heavy atom. The van der Waals surface area contributed by atoms with Crippen LogP contribution in [0.3, 0.4) is 0 Å². The Bertz CT molecular complexity index is 1880. The Morgan fingerprint density at radius 3 is 1.49 bits per heavy atom. The molecule has 2 aromatic carbocycles. The summed E-state index contributed by atoms with van der Waals surface area (Å²) in [6.07, 6.45) is 0. The fourth-order valence-corrected chi connectivity index (χ4v) is 3.31. The number of aromatic nitrogens is 6. The van der Waals surface area contributed by atoms with E-state index in [2.05, 4.69) is 39.6 Å². The standard InChI is InChI=1S/C23H5N11O/c1-27-21-22(28-2)33-19-18(32-21)16-15(29-12(8-24)13(9-25)30-16)17-20(19)34-23(14(10-26)31-17)35-11-6-4-3-5-7-11/h3-7H. The van der Waals surface area contributed by atoms with Gasteiger partial charge in [-0.05, 0) is 12.1 Å². The quantitative estimate of drug-likeness (QED) is 0.282. The normalized spacial score (nSPS) is 10.1. The third-order valence-corrected chi connectivity index (χ3v) is 4.78. The minimum atomic E-state index is -0.278. The molecule has 0 N–H and O–H groups in total. The molecule has 3 heterocycles. The maximum Gasteiger partial charge on any atom is 0.294 e. The van der Waals surface area contributed by atoms with Crippen LogP contribution in [0.5, 0.6) is 11.6 Å². The summed E-state index contributed by atoms with van der Waals surface area (Å²) in [5.74, 6) is -0.280. The monoisotopic (exact) mass is 451 g/mol. The minimum absolute atomic E-state index is 0.0203. The molecule has 158 valence electrons. The predicted octanol–water partition coefficient (Wildman–Crippen LogP) is 4.03. The number of rotatable bonds is 2. The molecule has 12 nitrogen and oxygen atoms in total. The molecule has 5 aromatic rings. The maximum atomic E-state index is 9.71. The highest BCUT2D eigenvalue weighted by molar-refractivity contribution is 6.18. The lowest BCUT2D eigenvalue weighted by molar-refractivity contribution is 0.461. The summed E-state index contributed by atoms with van der Waals surface area (Å²) in [7, 11) is 0. The molecular weight excluding hydrogens is 446 g/mol. The third-order valence-electron chi connectivity index (χ3n) is 4.78. The molecule has 0 atom stereocenters. The molecule has 0 fully saturated rings. The second kappa shape index (κ2) is 8.00. The van der Waals surface area contributed by atoms with Gasteiger partial charge in [0, 0.05) is 0 Å². The molecular formula is C23H5N11O. The summed E-state index contributed by atoms with van der Waals surface area (Å²) < 4.78 is 5.77. The zero-order chi connectivity index (χ0) is 24.5. The first kappa shape index (κ1) is 20.6. The summed E-state index contributed by atoms with van der Waals surface area (Å²) in [5, 5.41) is 28.6. The molecule has 0 amide bonds. The molecule has 0 unspecified atom stereocenters. The molecule has 0 aliphatic carbocycles. The molecule has 0 saturated carbocycles. The van der Waals surface area contributed by atoms with Crippen LogP contribution in [0.15, 0.2) is 30.3 Å². The first-order chi connectivity index (χ1) is 17.1. The second-order valence-corrected chi connectivity index (χ2v) is 6.73. The van der Waals surface area contributed by atoms with Gasteiger partial charge in [-0.3, -0.25) is 0 Å². The Kier molecular flexibility index (Phi) is 4.71. The van der Waals surface area contributed by atoms with Crippen molar-refractivity contribution >= 4 is 44.7 Å². The van der Waals surface area contributed by atoms with Crippen LogP contribution in [0.1, 0.15) is 17.1 Å². The van der Waals surface area contributed by atoms with Gasteiger partial charge in [-0.25, -0.2) is 19.9 Å². The predicted molar refractivity (Wildman–Crippen MR) is 119 cm³/mol. The Labute approximate surface area is 195 Å². The highest BCUT2D eigenvalue weighted by Gasteiger charge is 2.27. The fourth-order valence-electron chi connectivity index (χ4n) is 3.31. The summed E-state index contributed by atoms with van der Waals surface area (Å²) in [6.45, 7) is 14.7. The second-order valence-electron chi connectivity index (χ2n) is 6.73. The van der Waals surface area contributed by atoms with Crippen molar-refractivity contribution in [2.45, 2.75) is 0 Å². The van der Waals surface area contributed by atoms with Crippen molar-refractivity contribution < 1.29 is 4.74 Å². The lowest BCUT2D eigenvalue weighted by Gasteiger charge is -2.09. The lowest BCUT2D eigenvalue weighted by Crippen LogP contribution is -2.03. The Hall–Kier alpha value is -6.29. The molecule has 35 heavy (non-hydrogen) atoms. The number of fused-ring (bicyclic) bond motifs is 6. The van der Waals surface area contributed by atoms with Crippen LogP contribution in [0.25, 0.3) is 42.8 Å². The fraction of sp³-hybridized carbons (Fsp3) is 0. The van der Waals surface area contributed by atoms with Crippen molar-refractivity contribution in [2.24, 2.45) is 0 Å². The van der Waals surface area contributed by atoms with E-state index in [0.29, 0.717) is 5.75 Å². The highest BCUT2D eigenvalue weighted by Crippen LogP contribution is 2.36. The number of para-hydroxylation sites is 1. The summed E-state index contributed by atoms with van der Waals surface area (Å²) in [6, 6.07) is 14.1. The molecule has 12 heteroatoms. The summed E-state index contributed by atoms with van der Waals surface area (Å²) >= 11 is 0. The zero-order valence-corrected chi connectivity index (χ0v) is 17.2. The van der Waals surface area contributed by atoms with Gasteiger partial charge in [0.25, 0.3) is 17.5 Å². The highest BCUT2D eigenvalue weighted by atomic mass is 16.5.